The van der Waals surface area contributed by atoms with E-state index in [-0.39, 0.29) is 5.75 Å². The molecule has 0 spiro atoms. The lowest BCUT2D eigenvalue weighted by atomic mass is 10.0. The summed E-state index contributed by atoms with van der Waals surface area (Å²) < 4.78 is 30.5. The van der Waals surface area contributed by atoms with Gasteiger partial charge < -0.3 is 9.84 Å². The largest absolute Gasteiger partial charge is 0.493 e. The average molecular weight is 186 g/mol. The molecular weight excluding hydrogens is 178 g/mol. The van der Waals surface area contributed by atoms with E-state index >= 15 is 0 Å². The molecular formula is C9H8F2O2. The monoisotopic (exact) mass is 186 g/mol. The molecule has 1 heterocycles. The fraction of sp³-hybridized carbons (Fsp3) is 0.333. The molecule has 0 radical (unpaired) electrons. The second kappa shape index (κ2) is 2.96. The van der Waals surface area contributed by atoms with Crippen LogP contribution in [0.4, 0.5) is 8.78 Å². The smallest absolute Gasteiger partial charge is 0.162 e. The first-order valence-corrected chi connectivity index (χ1v) is 3.98. The summed E-state index contributed by atoms with van der Waals surface area (Å²) in [7, 11) is 0. The topological polar surface area (TPSA) is 29.5 Å². The number of hydrogen-bond acceptors (Lipinski definition) is 2. The van der Waals surface area contributed by atoms with E-state index in [1.165, 1.54) is 0 Å². The Bertz CT molecular complexity index is 339. The Morgan fingerprint density at radius 3 is 2.77 bits per heavy atom. The maximum atomic E-state index is 12.7. The van der Waals surface area contributed by atoms with Gasteiger partial charge in [-0.1, -0.05) is 0 Å². The zero-order valence-electron chi connectivity index (χ0n) is 6.76. The van der Waals surface area contributed by atoms with Crippen molar-refractivity contribution in [1.82, 2.24) is 0 Å². The summed E-state index contributed by atoms with van der Waals surface area (Å²) in [5, 5.41) is 9.41. The molecule has 1 aromatic rings. The first-order valence-electron chi connectivity index (χ1n) is 3.98. The van der Waals surface area contributed by atoms with Gasteiger partial charge in [-0.05, 0) is 6.07 Å². The van der Waals surface area contributed by atoms with Gasteiger partial charge in [0.25, 0.3) is 0 Å². The van der Waals surface area contributed by atoms with E-state index in [2.05, 4.69) is 0 Å². The maximum Gasteiger partial charge on any atom is 0.162 e. The van der Waals surface area contributed by atoms with E-state index < -0.39 is 17.7 Å². The molecule has 0 saturated heterocycles. The van der Waals surface area contributed by atoms with Crippen molar-refractivity contribution in [2.24, 2.45) is 0 Å². The number of rotatable bonds is 0. The minimum Gasteiger partial charge on any atom is -0.493 e. The third-order valence-electron chi connectivity index (χ3n) is 2.06. The lowest BCUT2D eigenvalue weighted by Gasteiger charge is -2.21. The molecule has 1 N–H and O–H groups in total. The number of halogens is 2. The number of ether oxygens (including phenoxy) is 1. The SMILES string of the molecule is O[C@@H]1CCOc2cc(F)c(F)cc21. The van der Waals surface area contributed by atoms with Crippen LogP contribution in [0.2, 0.25) is 0 Å². The fourth-order valence-electron chi connectivity index (χ4n) is 1.37. The van der Waals surface area contributed by atoms with Gasteiger partial charge in [0, 0.05) is 18.1 Å². The van der Waals surface area contributed by atoms with Crippen LogP contribution in [0.25, 0.3) is 0 Å². The number of aliphatic hydroxyl groups excluding tert-OH is 1. The van der Waals surface area contributed by atoms with Gasteiger partial charge in [0.15, 0.2) is 11.6 Å². The molecule has 0 saturated carbocycles. The molecule has 70 valence electrons. The standard InChI is InChI=1S/C9H8F2O2/c10-6-3-5-8(12)1-2-13-9(5)4-7(6)11/h3-4,8,12H,1-2H2/t8-/m1/s1. The van der Waals surface area contributed by atoms with Crippen molar-refractivity contribution < 1.29 is 18.6 Å². The van der Waals surface area contributed by atoms with Gasteiger partial charge in [0.05, 0.1) is 12.7 Å². The minimum atomic E-state index is -0.955. The van der Waals surface area contributed by atoms with Gasteiger partial charge in [-0.25, -0.2) is 8.78 Å². The summed E-state index contributed by atoms with van der Waals surface area (Å²) in [6, 6.07) is 1.95. The molecule has 1 aliphatic heterocycles. The Morgan fingerprint density at radius 2 is 2.00 bits per heavy atom. The number of fused-ring (bicyclic) bond motifs is 1. The van der Waals surface area contributed by atoms with Crippen molar-refractivity contribution >= 4 is 0 Å². The Morgan fingerprint density at radius 1 is 1.31 bits per heavy atom. The number of benzene rings is 1. The Balaban J connectivity index is 2.52. The predicted octanol–water partition coefficient (Wildman–Crippen LogP) is 1.78. The van der Waals surface area contributed by atoms with Gasteiger partial charge in [0.1, 0.15) is 5.75 Å². The highest BCUT2D eigenvalue weighted by atomic mass is 19.2. The van der Waals surface area contributed by atoms with Crippen molar-refractivity contribution in [3.63, 3.8) is 0 Å². The van der Waals surface area contributed by atoms with E-state index in [4.69, 9.17) is 4.74 Å². The van der Waals surface area contributed by atoms with Gasteiger partial charge in [-0.15, -0.1) is 0 Å². The molecule has 0 bridgehead atoms. The molecule has 0 fully saturated rings. The van der Waals surface area contributed by atoms with Gasteiger partial charge in [-0.2, -0.15) is 0 Å². The lowest BCUT2D eigenvalue weighted by molar-refractivity contribution is 0.114. The van der Waals surface area contributed by atoms with Crippen LogP contribution in [-0.4, -0.2) is 11.7 Å². The van der Waals surface area contributed by atoms with E-state index in [9.17, 15) is 13.9 Å². The molecule has 13 heavy (non-hydrogen) atoms. The van der Waals surface area contributed by atoms with E-state index in [1.54, 1.807) is 0 Å². The van der Waals surface area contributed by atoms with E-state index in [1.807, 2.05) is 0 Å². The summed E-state index contributed by atoms with van der Waals surface area (Å²) in [5.74, 6) is -1.67. The molecule has 0 aliphatic carbocycles. The fourth-order valence-corrected chi connectivity index (χ4v) is 1.37. The predicted molar refractivity (Wildman–Crippen MR) is 41.4 cm³/mol. The molecule has 2 nitrogen and oxygen atoms in total. The van der Waals surface area contributed by atoms with Gasteiger partial charge >= 0.3 is 0 Å². The minimum absolute atomic E-state index is 0.234. The van der Waals surface area contributed by atoms with Gasteiger partial charge in [-0.3, -0.25) is 0 Å². The normalized spacial score (nSPS) is 20.7. The molecule has 0 unspecified atom stereocenters. The van der Waals surface area contributed by atoms with Gasteiger partial charge in [0.2, 0.25) is 0 Å². The Kier molecular flexibility index (Phi) is 1.92. The zero-order valence-corrected chi connectivity index (χ0v) is 6.76. The van der Waals surface area contributed by atoms with Crippen LogP contribution in [0.3, 0.4) is 0 Å². The second-order valence-corrected chi connectivity index (χ2v) is 2.96. The van der Waals surface area contributed by atoms with Crippen molar-refractivity contribution in [1.29, 1.82) is 0 Å². The van der Waals surface area contributed by atoms with Crippen LogP contribution >= 0.6 is 0 Å². The van der Waals surface area contributed by atoms with E-state index in [0.717, 1.165) is 12.1 Å². The summed E-state index contributed by atoms with van der Waals surface area (Å²) in [6.07, 6.45) is -0.336. The molecule has 2 rings (SSSR count). The highest BCUT2D eigenvalue weighted by molar-refractivity contribution is 5.37. The zero-order chi connectivity index (χ0) is 9.42. The Labute approximate surface area is 73.8 Å². The van der Waals surface area contributed by atoms with Crippen LogP contribution in [0, 0.1) is 11.6 Å². The molecule has 4 heteroatoms. The molecule has 0 aromatic heterocycles. The quantitative estimate of drug-likeness (QED) is 0.669. The number of aliphatic hydroxyl groups is 1. The summed E-state index contributed by atoms with van der Waals surface area (Å²) in [6.45, 7) is 0.333. The summed E-state index contributed by atoms with van der Waals surface area (Å²) >= 11 is 0. The first-order chi connectivity index (χ1) is 6.18. The van der Waals surface area contributed by atoms with Crippen LogP contribution in [0.5, 0.6) is 5.75 Å². The van der Waals surface area contributed by atoms with E-state index in [0.29, 0.717) is 18.6 Å². The summed E-state index contributed by atoms with van der Waals surface area (Å²) in [5.41, 5.74) is 0.324. The average Bonchev–Trinajstić information content (AvgIpc) is 2.09. The van der Waals surface area contributed by atoms with Crippen LogP contribution in [0.1, 0.15) is 18.1 Å². The third kappa shape index (κ3) is 1.37. The first kappa shape index (κ1) is 8.44. The van der Waals surface area contributed by atoms with Crippen LogP contribution in [0.15, 0.2) is 12.1 Å². The highest BCUT2D eigenvalue weighted by Gasteiger charge is 2.21. The highest BCUT2D eigenvalue weighted by Crippen LogP contribution is 2.33. The van der Waals surface area contributed by atoms with Crippen molar-refractivity contribution in [3.05, 3.63) is 29.3 Å². The molecule has 1 aromatic carbocycles. The molecule has 1 atom stereocenters. The van der Waals surface area contributed by atoms with Crippen LogP contribution < -0.4 is 4.74 Å². The van der Waals surface area contributed by atoms with Crippen LogP contribution in [-0.2, 0) is 0 Å². The number of hydrogen-bond donors (Lipinski definition) is 1. The Hall–Kier alpha value is -1.16. The third-order valence-corrected chi connectivity index (χ3v) is 2.06. The maximum absolute atomic E-state index is 12.7. The summed E-state index contributed by atoms with van der Waals surface area (Å²) in [4.78, 5) is 0. The lowest BCUT2D eigenvalue weighted by Crippen LogP contribution is -2.14. The van der Waals surface area contributed by atoms with Crippen molar-refractivity contribution in [2.45, 2.75) is 12.5 Å². The van der Waals surface area contributed by atoms with Crippen molar-refractivity contribution in [3.8, 4) is 5.75 Å². The second-order valence-electron chi connectivity index (χ2n) is 2.96. The molecule has 0 amide bonds. The molecule has 1 aliphatic rings. The van der Waals surface area contributed by atoms with Crippen molar-refractivity contribution in [2.75, 3.05) is 6.61 Å².